The summed E-state index contributed by atoms with van der Waals surface area (Å²) in [5.74, 6) is 0. The normalized spacial score (nSPS) is 14.6. The fourth-order valence-corrected chi connectivity index (χ4v) is 3.68. The molecule has 0 aliphatic carbocycles. The van der Waals surface area contributed by atoms with Gasteiger partial charge in [-0.15, -0.1) is 11.3 Å². The third-order valence-electron chi connectivity index (χ3n) is 3.56. The Bertz CT molecular complexity index is 552. The minimum Gasteiger partial charge on any atom is -0.391 e. The van der Waals surface area contributed by atoms with Gasteiger partial charge in [0.2, 0.25) is 0 Å². The highest BCUT2D eigenvalue weighted by atomic mass is 32.1. The maximum atomic E-state index is 9.64. The lowest BCUT2D eigenvalue weighted by Gasteiger charge is -2.15. The molecule has 0 aliphatic rings. The van der Waals surface area contributed by atoms with E-state index in [1.54, 1.807) is 7.11 Å². The average Bonchev–Trinajstić information content (AvgIpc) is 2.77. The van der Waals surface area contributed by atoms with Crippen molar-refractivity contribution in [3.63, 3.8) is 0 Å². The van der Waals surface area contributed by atoms with Gasteiger partial charge in [-0.1, -0.05) is 18.2 Å². The van der Waals surface area contributed by atoms with E-state index in [0.717, 1.165) is 6.54 Å². The summed E-state index contributed by atoms with van der Waals surface area (Å²) in [6.45, 7) is 5.56. The van der Waals surface area contributed by atoms with E-state index in [0.29, 0.717) is 19.1 Å². The van der Waals surface area contributed by atoms with E-state index in [-0.39, 0.29) is 6.10 Å². The minimum absolute atomic E-state index is 0.308. The van der Waals surface area contributed by atoms with Crippen molar-refractivity contribution in [3.8, 4) is 0 Å². The third-order valence-corrected chi connectivity index (χ3v) is 5.02. The zero-order chi connectivity index (χ0) is 14.5. The number of hydrogen-bond donors (Lipinski definition) is 2. The number of fused-ring (bicyclic) bond motifs is 1. The molecule has 0 fully saturated rings. The Morgan fingerprint density at radius 2 is 2.10 bits per heavy atom. The standard InChI is InChI=1S/C16H23NO2S/c1-11-14-6-4-5-7-15(14)20-16(11)12(2)17-9-8-13(18)10-19-3/h4-7,12-13,17-18H,8-10H2,1-3H3. The number of nitrogens with one attached hydrogen (secondary N) is 1. The Kier molecular flexibility index (Phi) is 5.54. The quantitative estimate of drug-likeness (QED) is 0.823. The van der Waals surface area contributed by atoms with E-state index in [4.69, 9.17) is 4.74 Å². The lowest BCUT2D eigenvalue weighted by molar-refractivity contribution is 0.0591. The van der Waals surface area contributed by atoms with E-state index in [9.17, 15) is 5.11 Å². The molecule has 0 aliphatic heterocycles. The summed E-state index contributed by atoms with van der Waals surface area (Å²) in [5.41, 5.74) is 1.36. The summed E-state index contributed by atoms with van der Waals surface area (Å²) in [5, 5.41) is 14.5. The topological polar surface area (TPSA) is 41.5 Å². The second kappa shape index (κ2) is 7.18. The SMILES string of the molecule is COCC(O)CCNC(C)c1sc2ccccc2c1C. The van der Waals surface area contributed by atoms with Gasteiger partial charge in [-0.25, -0.2) is 0 Å². The van der Waals surface area contributed by atoms with Crippen molar-refractivity contribution in [2.24, 2.45) is 0 Å². The molecule has 0 saturated carbocycles. The van der Waals surface area contributed by atoms with E-state index >= 15 is 0 Å². The molecule has 3 nitrogen and oxygen atoms in total. The minimum atomic E-state index is -0.386. The van der Waals surface area contributed by atoms with Crippen LogP contribution in [0.1, 0.15) is 29.8 Å². The molecule has 2 unspecified atom stereocenters. The molecule has 4 heteroatoms. The van der Waals surface area contributed by atoms with Gasteiger partial charge in [0.25, 0.3) is 0 Å². The number of hydrogen-bond acceptors (Lipinski definition) is 4. The van der Waals surface area contributed by atoms with Crippen LogP contribution >= 0.6 is 11.3 Å². The van der Waals surface area contributed by atoms with Gasteiger partial charge in [0.15, 0.2) is 0 Å². The monoisotopic (exact) mass is 293 g/mol. The van der Waals surface area contributed by atoms with Crippen LogP contribution in [0.2, 0.25) is 0 Å². The number of aliphatic hydroxyl groups is 1. The summed E-state index contributed by atoms with van der Waals surface area (Å²) >= 11 is 1.85. The fourth-order valence-electron chi connectivity index (χ4n) is 2.44. The van der Waals surface area contributed by atoms with Gasteiger partial charge in [0, 0.05) is 22.7 Å². The fraction of sp³-hybridized carbons (Fsp3) is 0.500. The van der Waals surface area contributed by atoms with Crippen LogP contribution in [0.25, 0.3) is 10.1 Å². The molecule has 2 N–H and O–H groups in total. The number of ether oxygens (including phenoxy) is 1. The molecular weight excluding hydrogens is 270 g/mol. The van der Waals surface area contributed by atoms with Gasteiger partial charge < -0.3 is 15.2 Å². The van der Waals surface area contributed by atoms with Gasteiger partial charge in [-0.05, 0) is 43.8 Å². The Labute approximate surface area is 124 Å². The van der Waals surface area contributed by atoms with Crippen molar-refractivity contribution in [1.29, 1.82) is 0 Å². The average molecular weight is 293 g/mol. The molecule has 0 spiro atoms. The number of rotatable bonds is 7. The zero-order valence-corrected chi connectivity index (χ0v) is 13.2. The first kappa shape index (κ1) is 15.4. The van der Waals surface area contributed by atoms with Crippen LogP contribution in [0.4, 0.5) is 0 Å². The van der Waals surface area contributed by atoms with Crippen molar-refractivity contribution in [2.45, 2.75) is 32.4 Å². The first-order valence-electron chi connectivity index (χ1n) is 7.02. The number of benzene rings is 1. The molecule has 1 aromatic heterocycles. The van der Waals surface area contributed by atoms with Crippen molar-refractivity contribution < 1.29 is 9.84 Å². The van der Waals surface area contributed by atoms with Crippen molar-refractivity contribution >= 4 is 21.4 Å². The molecule has 2 aromatic rings. The van der Waals surface area contributed by atoms with Crippen LogP contribution in [0.15, 0.2) is 24.3 Å². The molecule has 20 heavy (non-hydrogen) atoms. The highest BCUT2D eigenvalue weighted by Crippen LogP contribution is 2.34. The van der Waals surface area contributed by atoms with Gasteiger partial charge in [0.05, 0.1) is 12.7 Å². The lowest BCUT2D eigenvalue weighted by Crippen LogP contribution is -2.25. The predicted octanol–water partition coefficient (Wildman–Crippen LogP) is 3.26. The van der Waals surface area contributed by atoms with Crippen LogP contribution in [-0.2, 0) is 4.74 Å². The summed E-state index contributed by atoms with van der Waals surface area (Å²) in [6.07, 6.45) is 0.325. The maximum absolute atomic E-state index is 9.64. The van der Waals surface area contributed by atoms with Crippen LogP contribution < -0.4 is 5.32 Å². The lowest BCUT2D eigenvalue weighted by atomic mass is 10.1. The van der Waals surface area contributed by atoms with Crippen LogP contribution in [-0.4, -0.2) is 31.5 Å². The highest BCUT2D eigenvalue weighted by Gasteiger charge is 2.14. The zero-order valence-electron chi connectivity index (χ0n) is 12.3. The van der Waals surface area contributed by atoms with Gasteiger partial charge in [-0.3, -0.25) is 0 Å². The second-order valence-corrected chi connectivity index (χ2v) is 6.24. The number of thiophene rings is 1. The summed E-state index contributed by atoms with van der Waals surface area (Å²) in [6, 6.07) is 8.83. The van der Waals surface area contributed by atoms with Crippen molar-refractivity contribution in [3.05, 3.63) is 34.7 Å². The molecule has 0 amide bonds. The Hall–Kier alpha value is -0.940. The number of aryl methyl sites for hydroxylation is 1. The van der Waals surface area contributed by atoms with Gasteiger partial charge in [-0.2, -0.15) is 0 Å². The first-order chi connectivity index (χ1) is 9.63. The first-order valence-corrected chi connectivity index (χ1v) is 7.83. The highest BCUT2D eigenvalue weighted by molar-refractivity contribution is 7.19. The molecule has 0 radical (unpaired) electrons. The molecule has 0 saturated heterocycles. The largest absolute Gasteiger partial charge is 0.391 e. The second-order valence-electron chi connectivity index (χ2n) is 5.16. The maximum Gasteiger partial charge on any atom is 0.0785 e. The molecule has 0 bridgehead atoms. The van der Waals surface area contributed by atoms with E-state index in [1.165, 1.54) is 20.5 Å². The summed E-state index contributed by atoms with van der Waals surface area (Å²) in [4.78, 5) is 1.38. The summed E-state index contributed by atoms with van der Waals surface area (Å²) < 4.78 is 6.27. The van der Waals surface area contributed by atoms with Crippen LogP contribution in [0.3, 0.4) is 0 Å². The van der Waals surface area contributed by atoms with Crippen molar-refractivity contribution in [2.75, 3.05) is 20.3 Å². The Morgan fingerprint density at radius 1 is 1.35 bits per heavy atom. The van der Waals surface area contributed by atoms with Crippen LogP contribution in [0.5, 0.6) is 0 Å². The Balaban J connectivity index is 1.97. The molecule has 2 atom stereocenters. The molecule has 1 heterocycles. The molecule has 2 rings (SSSR count). The Morgan fingerprint density at radius 3 is 2.80 bits per heavy atom. The predicted molar refractivity (Wildman–Crippen MR) is 85.5 cm³/mol. The van der Waals surface area contributed by atoms with E-state index < -0.39 is 0 Å². The number of methoxy groups -OCH3 is 1. The van der Waals surface area contributed by atoms with E-state index in [2.05, 4.69) is 43.4 Å². The van der Waals surface area contributed by atoms with Crippen LogP contribution in [0, 0.1) is 6.92 Å². The molecule has 1 aromatic carbocycles. The smallest absolute Gasteiger partial charge is 0.0785 e. The molecule has 110 valence electrons. The third kappa shape index (κ3) is 3.58. The van der Waals surface area contributed by atoms with Gasteiger partial charge in [0.1, 0.15) is 0 Å². The van der Waals surface area contributed by atoms with Gasteiger partial charge >= 0.3 is 0 Å². The number of aliphatic hydroxyl groups excluding tert-OH is 1. The summed E-state index contributed by atoms with van der Waals surface area (Å²) in [7, 11) is 1.61. The molecular formula is C16H23NO2S. The van der Waals surface area contributed by atoms with Crippen molar-refractivity contribution in [1.82, 2.24) is 5.32 Å². The van der Waals surface area contributed by atoms with E-state index in [1.807, 2.05) is 11.3 Å².